The Morgan fingerprint density at radius 2 is 1.78 bits per heavy atom. The minimum absolute atomic E-state index is 0.294. The molecular weight excluding hydrogens is 232 g/mol. The largest absolute Gasteiger partial charge is 0.321 e. The van der Waals surface area contributed by atoms with E-state index in [4.69, 9.17) is 5.73 Å². The number of nitrogens with two attached hydrogens (primary N) is 1. The van der Waals surface area contributed by atoms with Crippen LogP contribution < -0.4 is 5.73 Å². The third-order valence-corrected chi connectivity index (χ3v) is 4.27. The van der Waals surface area contributed by atoms with E-state index in [0.29, 0.717) is 17.4 Å². The van der Waals surface area contributed by atoms with Gasteiger partial charge in [0, 0.05) is 11.6 Å². The van der Waals surface area contributed by atoms with Crippen LogP contribution in [0.4, 0.5) is 8.78 Å². The van der Waals surface area contributed by atoms with Gasteiger partial charge in [0.05, 0.1) is 0 Å². The predicted molar refractivity (Wildman–Crippen MR) is 69.0 cm³/mol. The van der Waals surface area contributed by atoms with Gasteiger partial charge in [-0.25, -0.2) is 8.78 Å². The van der Waals surface area contributed by atoms with Gasteiger partial charge in [0.2, 0.25) is 0 Å². The fourth-order valence-corrected chi connectivity index (χ4v) is 3.08. The van der Waals surface area contributed by atoms with Gasteiger partial charge in [0.25, 0.3) is 0 Å². The molecule has 1 saturated carbocycles. The molecule has 3 atom stereocenters. The molecule has 0 aromatic heterocycles. The molecule has 3 heteroatoms. The summed E-state index contributed by atoms with van der Waals surface area (Å²) in [6.45, 7) is 4.11. The second kappa shape index (κ2) is 4.96. The molecule has 0 aliphatic heterocycles. The summed E-state index contributed by atoms with van der Waals surface area (Å²) < 4.78 is 26.6. The van der Waals surface area contributed by atoms with Gasteiger partial charge in [-0.15, -0.1) is 0 Å². The summed E-state index contributed by atoms with van der Waals surface area (Å²) in [4.78, 5) is 0. The van der Waals surface area contributed by atoms with E-state index < -0.39 is 17.2 Å². The van der Waals surface area contributed by atoms with Crippen molar-refractivity contribution in [2.24, 2.45) is 17.6 Å². The van der Waals surface area contributed by atoms with Crippen molar-refractivity contribution in [3.05, 3.63) is 35.4 Å². The Kier molecular flexibility index (Phi) is 3.71. The van der Waals surface area contributed by atoms with Crippen LogP contribution in [0.2, 0.25) is 0 Å². The maximum absolute atomic E-state index is 13.3. The lowest BCUT2D eigenvalue weighted by Gasteiger charge is -2.39. The monoisotopic (exact) mass is 253 g/mol. The van der Waals surface area contributed by atoms with Crippen LogP contribution in [0.5, 0.6) is 0 Å². The molecule has 1 fully saturated rings. The van der Waals surface area contributed by atoms with Crippen LogP contribution in [-0.2, 0) is 5.54 Å². The zero-order valence-corrected chi connectivity index (χ0v) is 11.0. The Hall–Kier alpha value is -0.960. The van der Waals surface area contributed by atoms with Gasteiger partial charge in [0.1, 0.15) is 11.6 Å². The highest BCUT2D eigenvalue weighted by Gasteiger charge is 2.35. The molecule has 1 aromatic carbocycles. The summed E-state index contributed by atoms with van der Waals surface area (Å²) in [7, 11) is 0. The first-order valence-electron chi connectivity index (χ1n) is 6.65. The van der Waals surface area contributed by atoms with Crippen LogP contribution in [-0.4, -0.2) is 0 Å². The highest BCUT2D eigenvalue weighted by Crippen LogP contribution is 2.39. The molecule has 100 valence electrons. The maximum atomic E-state index is 13.3. The molecular formula is C15H21F2N. The van der Waals surface area contributed by atoms with Gasteiger partial charge < -0.3 is 5.73 Å². The van der Waals surface area contributed by atoms with E-state index in [0.717, 1.165) is 25.3 Å². The van der Waals surface area contributed by atoms with E-state index in [1.54, 1.807) is 0 Å². The average molecular weight is 253 g/mol. The van der Waals surface area contributed by atoms with Gasteiger partial charge in [0.15, 0.2) is 0 Å². The number of halogens is 2. The lowest BCUT2D eigenvalue weighted by Crippen LogP contribution is -2.43. The number of hydrogen-bond donors (Lipinski definition) is 1. The van der Waals surface area contributed by atoms with E-state index in [1.807, 2.05) is 6.92 Å². The van der Waals surface area contributed by atoms with Crippen molar-refractivity contribution in [3.8, 4) is 0 Å². The lowest BCUT2D eigenvalue weighted by molar-refractivity contribution is 0.184. The normalized spacial score (nSPS) is 27.8. The highest BCUT2D eigenvalue weighted by molar-refractivity contribution is 5.26. The highest BCUT2D eigenvalue weighted by atomic mass is 19.1. The molecule has 0 saturated heterocycles. The summed E-state index contributed by atoms with van der Waals surface area (Å²) in [5.41, 5.74) is 6.29. The third-order valence-electron chi connectivity index (χ3n) is 4.27. The quantitative estimate of drug-likeness (QED) is 0.848. The Morgan fingerprint density at radius 1 is 1.17 bits per heavy atom. The molecule has 0 amide bonds. The molecule has 1 aliphatic carbocycles. The van der Waals surface area contributed by atoms with Crippen molar-refractivity contribution >= 4 is 0 Å². The van der Waals surface area contributed by atoms with Crippen LogP contribution in [0.25, 0.3) is 0 Å². The van der Waals surface area contributed by atoms with Gasteiger partial charge in [-0.1, -0.05) is 19.8 Å². The third kappa shape index (κ3) is 2.72. The Morgan fingerprint density at radius 3 is 2.33 bits per heavy atom. The smallest absolute Gasteiger partial charge is 0.126 e. The zero-order valence-electron chi connectivity index (χ0n) is 11.0. The predicted octanol–water partition coefficient (Wildman–Crippen LogP) is 3.97. The van der Waals surface area contributed by atoms with Crippen LogP contribution in [0.1, 0.15) is 45.1 Å². The average Bonchev–Trinajstić information content (AvgIpc) is 2.27. The van der Waals surface area contributed by atoms with Crippen LogP contribution in [0.3, 0.4) is 0 Å². The van der Waals surface area contributed by atoms with E-state index in [9.17, 15) is 8.78 Å². The van der Waals surface area contributed by atoms with E-state index in [-0.39, 0.29) is 0 Å². The molecule has 2 rings (SSSR count). The molecule has 0 radical (unpaired) electrons. The Labute approximate surface area is 107 Å². The number of hydrogen-bond acceptors (Lipinski definition) is 1. The Bertz CT molecular complexity index is 408. The van der Waals surface area contributed by atoms with Gasteiger partial charge in [-0.3, -0.25) is 0 Å². The standard InChI is InChI=1S/C15H21F2N/c1-10-4-3-5-11(6-10)15(2,18)12-7-13(16)9-14(17)8-12/h7-11H,3-6,18H2,1-2H3. The first kappa shape index (κ1) is 13.5. The van der Waals surface area contributed by atoms with Gasteiger partial charge in [-0.2, -0.15) is 0 Å². The van der Waals surface area contributed by atoms with Crippen molar-refractivity contribution < 1.29 is 8.78 Å². The minimum atomic E-state index is -0.655. The summed E-state index contributed by atoms with van der Waals surface area (Å²) in [5.74, 6) is -0.163. The van der Waals surface area contributed by atoms with Crippen molar-refractivity contribution in [3.63, 3.8) is 0 Å². The maximum Gasteiger partial charge on any atom is 0.126 e. The molecule has 0 spiro atoms. The summed E-state index contributed by atoms with van der Waals surface area (Å²) >= 11 is 0. The summed E-state index contributed by atoms with van der Waals surface area (Å²) in [6.07, 6.45) is 4.45. The molecule has 1 aliphatic rings. The molecule has 0 heterocycles. The summed E-state index contributed by atoms with van der Waals surface area (Å²) in [6, 6.07) is 3.62. The van der Waals surface area contributed by atoms with E-state index in [1.165, 1.54) is 18.6 Å². The van der Waals surface area contributed by atoms with Gasteiger partial charge in [-0.05, 0) is 49.3 Å². The van der Waals surface area contributed by atoms with E-state index >= 15 is 0 Å². The fourth-order valence-electron chi connectivity index (χ4n) is 3.08. The van der Waals surface area contributed by atoms with Crippen molar-refractivity contribution in [2.75, 3.05) is 0 Å². The fraction of sp³-hybridized carbons (Fsp3) is 0.600. The van der Waals surface area contributed by atoms with Crippen molar-refractivity contribution in [1.82, 2.24) is 0 Å². The summed E-state index contributed by atoms with van der Waals surface area (Å²) in [5, 5.41) is 0. The molecule has 1 aromatic rings. The molecule has 0 bridgehead atoms. The van der Waals surface area contributed by atoms with Gasteiger partial charge >= 0.3 is 0 Å². The molecule has 2 N–H and O–H groups in total. The number of rotatable bonds is 2. The molecule has 3 unspecified atom stereocenters. The number of benzene rings is 1. The van der Waals surface area contributed by atoms with Crippen molar-refractivity contribution in [2.45, 2.75) is 45.1 Å². The van der Waals surface area contributed by atoms with Crippen LogP contribution >= 0.6 is 0 Å². The zero-order chi connectivity index (χ0) is 13.3. The molecule has 1 nitrogen and oxygen atoms in total. The lowest BCUT2D eigenvalue weighted by atomic mass is 9.70. The van der Waals surface area contributed by atoms with Crippen molar-refractivity contribution in [1.29, 1.82) is 0 Å². The Balaban J connectivity index is 2.28. The SMILES string of the molecule is CC1CCCC(C(C)(N)c2cc(F)cc(F)c2)C1. The minimum Gasteiger partial charge on any atom is -0.321 e. The van der Waals surface area contributed by atoms with E-state index in [2.05, 4.69) is 6.92 Å². The second-order valence-corrected chi connectivity index (χ2v) is 5.91. The second-order valence-electron chi connectivity index (χ2n) is 5.91. The van der Waals surface area contributed by atoms with Crippen LogP contribution in [0.15, 0.2) is 18.2 Å². The first-order chi connectivity index (χ1) is 8.39. The first-order valence-corrected chi connectivity index (χ1v) is 6.65. The molecule has 18 heavy (non-hydrogen) atoms. The van der Waals surface area contributed by atoms with Crippen LogP contribution in [0, 0.1) is 23.5 Å². The topological polar surface area (TPSA) is 26.0 Å².